The third-order valence-electron chi connectivity index (χ3n) is 3.20. The standard InChI is InChI=1S/C15H15N3O2/c1-3-20-15(19)13-9-18(17-10(13)2)12-4-5-14-11(8-12)6-7-16-14/h4-9,16H,3H2,1-2H3. The maximum atomic E-state index is 11.8. The van der Waals surface area contributed by atoms with E-state index in [0.717, 1.165) is 16.6 Å². The number of hydrogen-bond acceptors (Lipinski definition) is 3. The van der Waals surface area contributed by atoms with Crippen LogP contribution in [-0.2, 0) is 4.74 Å². The minimum atomic E-state index is -0.334. The fourth-order valence-corrected chi connectivity index (χ4v) is 2.18. The van der Waals surface area contributed by atoms with Crippen molar-refractivity contribution in [2.75, 3.05) is 6.61 Å². The first-order valence-corrected chi connectivity index (χ1v) is 6.50. The van der Waals surface area contributed by atoms with Crippen LogP contribution in [0.3, 0.4) is 0 Å². The summed E-state index contributed by atoms with van der Waals surface area (Å²) < 4.78 is 6.72. The molecule has 1 aromatic carbocycles. The van der Waals surface area contributed by atoms with E-state index in [1.807, 2.05) is 30.5 Å². The second-order valence-corrected chi connectivity index (χ2v) is 4.54. The summed E-state index contributed by atoms with van der Waals surface area (Å²) in [7, 11) is 0. The Hall–Kier alpha value is -2.56. The highest BCUT2D eigenvalue weighted by Crippen LogP contribution is 2.18. The first kappa shape index (κ1) is 12.5. The third kappa shape index (κ3) is 2.07. The van der Waals surface area contributed by atoms with Crippen LogP contribution in [-0.4, -0.2) is 27.3 Å². The van der Waals surface area contributed by atoms with E-state index in [9.17, 15) is 4.79 Å². The highest BCUT2D eigenvalue weighted by atomic mass is 16.5. The van der Waals surface area contributed by atoms with Gasteiger partial charge in [0.1, 0.15) is 5.56 Å². The first-order valence-electron chi connectivity index (χ1n) is 6.50. The van der Waals surface area contributed by atoms with Crippen LogP contribution < -0.4 is 0 Å². The van der Waals surface area contributed by atoms with Crippen molar-refractivity contribution in [3.63, 3.8) is 0 Å². The number of fused-ring (bicyclic) bond motifs is 1. The summed E-state index contributed by atoms with van der Waals surface area (Å²) in [6, 6.07) is 7.97. The number of carbonyl (C=O) groups is 1. The molecule has 1 N–H and O–H groups in total. The molecule has 0 saturated carbocycles. The number of esters is 1. The number of rotatable bonds is 3. The highest BCUT2D eigenvalue weighted by molar-refractivity contribution is 5.90. The predicted octanol–water partition coefficient (Wildman–Crippen LogP) is 2.84. The van der Waals surface area contributed by atoms with Crippen molar-refractivity contribution in [1.82, 2.24) is 14.8 Å². The molecule has 5 nitrogen and oxygen atoms in total. The van der Waals surface area contributed by atoms with Crippen molar-refractivity contribution in [1.29, 1.82) is 0 Å². The number of aromatic nitrogens is 3. The van der Waals surface area contributed by atoms with E-state index in [0.29, 0.717) is 17.9 Å². The van der Waals surface area contributed by atoms with E-state index in [1.165, 1.54) is 0 Å². The van der Waals surface area contributed by atoms with Crippen molar-refractivity contribution >= 4 is 16.9 Å². The summed E-state index contributed by atoms with van der Waals surface area (Å²) in [5, 5.41) is 5.49. The maximum Gasteiger partial charge on any atom is 0.341 e. The van der Waals surface area contributed by atoms with Gasteiger partial charge in [-0.25, -0.2) is 9.48 Å². The van der Waals surface area contributed by atoms with Crippen LogP contribution in [0.4, 0.5) is 0 Å². The van der Waals surface area contributed by atoms with Gasteiger partial charge in [0.2, 0.25) is 0 Å². The van der Waals surface area contributed by atoms with Gasteiger partial charge in [0, 0.05) is 23.3 Å². The fraction of sp³-hybridized carbons (Fsp3) is 0.200. The molecule has 5 heteroatoms. The molecule has 0 aliphatic carbocycles. The number of nitrogens with zero attached hydrogens (tertiary/aromatic N) is 2. The van der Waals surface area contributed by atoms with Gasteiger partial charge in [0.05, 0.1) is 18.0 Å². The molecule has 0 fully saturated rings. The monoisotopic (exact) mass is 269 g/mol. The molecule has 0 radical (unpaired) electrons. The lowest BCUT2D eigenvalue weighted by molar-refractivity contribution is 0.0525. The average Bonchev–Trinajstić information content (AvgIpc) is 3.04. The lowest BCUT2D eigenvalue weighted by Gasteiger charge is -2.01. The molecule has 0 atom stereocenters. The quantitative estimate of drug-likeness (QED) is 0.744. The molecule has 3 rings (SSSR count). The SMILES string of the molecule is CCOC(=O)c1cn(-c2ccc3[nH]ccc3c2)nc1C. The largest absolute Gasteiger partial charge is 0.462 e. The lowest BCUT2D eigenvalue weighted by atomic mass is 10.2. The van der Waals surface area contributed by atoms with Crippen molar-refractivity contribution < 1.29 is 9.53 Å². The molecule has 0 unspecified atom stereocenters. The van der Waals surface area contributed by atoms with Crippen LogP contribution in [0.25, 0.3) is 16.6 Å². The molecular formula is C15H15N3O2. The van der Waals surface area contributed by atoms with Gasteiger partial charge in [0.15, 0.2) is 0 Å². The molecule has 20 heavy (non-hydrogen) atoms. The zero-order valence-corrected chi connectivity index (χ0v) is 11.4. The molecule has 3 aromatic rings. The normalized spacial score (nSPS) is 10.9. The summed E-state index contributed by atoms with van der Waals surface area (Å²) >= 11 is 0. The number of ether oxygens (including phenoxy) is 1. The van der Waals surface area contributed by atoms with Gasteiger partial charge >= 0.3 is 5.97 Å². The minimum Gasteiger partial charge on any atom is -0.462 e. The van der Waals surface area contributed by atoms with Gasteiger partial charge in [-0.1, -0.05) is 0 Å². The lowest BCUT2D eigenvalue weighted by Crippen LogP contribution is -2.04. The number of hydrogen-bond donors (Lipinski definition) is 1. The molecular weight excluding hydrogens is 254 g/mol. The van der Waals surface area contributed by atoms with Gasteiger partial charge < -0.3 is 9.72 Å². The Morgan fingerprint density at radius 1 is 1.40 bits per heavy atom. The number of carbonyl (C=O) groups excluding carboxylic acids is 1. The van der Waals surface area contributed by atoms with Gasteiger partial charge in [-0.2, -0.15) is 5.10 Å². The zero-order chi connectivity index (χ0) is 14.1. The molecule has 102 valence electrons. The van der Waals surface area contributed by atoms with Crippen LogP contribution in [0.5, 0.6) is 0 Å². The second-order valence-electron chi connectivity index (χ2n) is 4.54. The van der Waals surface area contributed by atoms with Crippen LogP contribution in [0.1, 0.15) is 23.0 Å². The Bertz CT molecular complexity index is 770. The fourth-order valence-electron chi connectivity index (χ4n) is 2.18. The first-order chi connectivity index (χ1) is 9.69. The summed E-state index contributed by atoms with van der Waals surface area (Å²) in [6.07, 6.45) is 3.61. The van der Waals surface area contributed by atoms with E-state index >= 15 is 0 Å². The minimum absolute atomic E-state index is 0.334. The summed E-state index contributed by atoms with van der Waals surface area (Å²) in [5.41, 5.74) is 3.15. The zero-order valence-electron chi connectivity index (χ0n) is 11.4. The number of aromatic amines is 1. The topological polar surface area (TPSA) is 59.9 Å². The summed E-state index contributed by atoms with van der Waals surface area (Å²) in [4.78, 5) is 14.9. The Morgan fingerprint density at radius 3 is 3.05 bits per heavy atom. The van der Waals surface area contributed by atoms with Gasteiger partial charge in [-0.3, -0.25) is 0 Å². The van der Waals surface area contributed by atoms with Crippen LogP contribution in [0.15, 0.2) is 36.7 Å². The van der Waals surface area contributed by atoms with Crippen LogP contribution >= 0.6 is 0 Å². The van der Waals surface area contributed by atoms with Gasteiger partial charge in [0.25, 0.3) is 0 Å². The Kier molecular flexibility index (Phi) is 3.02. The van der Waals surface area contributed by atoms with E-state index in [-0.39, 0.29) is 5.97 Å². The average molecular weight is 269 g/mol. The number of H-pyrrole nitrogens is 1. The van der Waals surface area contributed by atoms with Crippen molar-refractivity contribution in [2.45, 2.75) is 13.8 Å². The molecule has 0 aliphatic heterocycles. The molecule has 0 aliphatic rings. The van der Waals surface area contributed by atoms with E-state index in [1.54, 1.807) is 24.7 Å². The molecule has 2 heterocycles. The Labute approximate surface area is 116 Å². The van der Waals surface area contributed by atoms with Crippen LogP contribution in [0, 0.1) is 6.92 Å². The Morgan fingerprint density at radius 2 is 2.25 bits per heavy atom. The summed E-state index contributed by atoms with van der Waals surface area (Å²) in [5.74, 6) is -0.334. The Balaban J connectivity index is 2.01. The van der Waals surface area contributed by atoms with Crippen molar-refractivity contribution in [3.8, 4) is 5.69 Å². The number of nitrogens with one attached hydrogen (secondary N) is 1. The second kappa shape index (κ2) is 4.85. The predicted molar refractivity (Wildman–Crippen MR) is 76.1 cm³/mol. The summed E-state index contributed by atoms with van der Waals surface area (Å²) in [6.45, 7) is 3.95. The van der Waals surface area contributed by atoms with Crippen molar-refractivity contribution in [2.24, 2.45) is 0 Å². The van der Waals surface area contributed by atoms with E-state index in [4.69, 9.17) is 4.74 Å². The van der Waals surface area contributed by atoms with Gasteiger partial charge in [-0.05, 0) is 38.1 Å². The number of benzene rings is 1. The molecule has 0 amide bonds. The van der Waals surface area contributed by atoms with Gasteiger partial charge in [-0.15, -0.1) is 0 Å². The van der Waals surface area contributed by atoms with E-state index in [2.05, 4.69) is 10.1 Å². The van der Waals surface area contributed by atoms with Crippen molar-refractivity contribution in [3.05, 3.63) is 47.9 Å². The maximum absolute atomic E-state index is 11.8. The van der Waals surface area contributed by atoms with Crippen LogP contribution in [0.2, 0.25) is 0 Å². The number of aryl methyl sites for hydroxylation is 1. The molecule has 0 spiro atoms. The molecule has 0 bridgehead atoms. The highest BCUT2D eigenvalue weighted by Gasteiger charge is 2.15. The molecule has 0 saturated heterocycles. The third-order valence-corrected chi connectivity index (χ3v) is 3.20. The van der Waals surface area contributed by atoms with E-state index < -0.39 is 0 Å². The molecule has 2 aromatic heterocycles. The smallest absolute Gasteiger partial charge is 0.341 e.